The Morgan fingerprint density at radius 1 is 1.10 bits per heavy atom. The third-order valence-electron chi connectivity index (χ3n) is 8.23. The summed E-state index contributed by atoms with van der Waals surface area (Å²) in [7, 11) is 3.50. The van der Waals surface area contributed by atoms with Gasteiger partial charge in [0.05, 0.1) is 24.1 Å². The number of carbonyl (C=O) groups is 1. The Morgan fingerprint density at radius 2 is 1.90 bits per heavy atom. The fourth-order valence-electron chi connectivity index (χ4n) is 6.04. The third kappa shape index (κ3) is 4.95. The molecule has 0 bridgehead atoms. The topological polar surface area (TPSA) is 59.3 Å². The van der Waals surface area contributed by atoms with Gasteiger partial charge in [-0.15, -0.1) is 0 Å². The van der Waals surface area contributed by atoms with Gasteiger partial charge in [-0.2, -0.15) is 13.2 Å². The van der Waals surface area contributed by atoms with Crippen molar-refractivity contribution in [1.29, 1.82) is 0 Å². The van der Waals surface area contributed by atoms with Gasteiger partial charge in [0.1, 0.15) is 29.0 Å². The molecule has 0 saturated carbocycles. The first-order valence-electron chi connectivity index (χ1n) is 13.7. The predicted molar refractivity (Wildman–Crippen MR) is 147 cm³/mol. The molecule has 2 aliphatic rings. The van der Waals surface area contributed by atoms with Gasteiger partial charge in [-0.25, -0.2) is 9.37 Å². The summed E-state index contributed by atoms with van der Waals surface area (Å²) in [5.74, 6) is -0.0654. The Bertz CT molecular complexity index is 1680. The van der Waals surface area contributed by atoms with E-state index in [1.165, 1.54) is 45.9 Å². The summed E-state index contributed by atoms with van der Waals surface area (Å²) in [6.45, 7) is 3.69. The molecular weight excluding hydrogens is 552 g/mol. The number of fused-ring (bicyclic) bond motifs is 4. The molecule has 6 rings (SSSR count). The van der Waals surface area contributed by atoms with Crippen LogP contribution in [0, 0.1) is 12.7 Å². The van der Waals surface area contributed by atoms with Crippen LogP contribution >= 0.6 is 0 Å². The first-order valence-corrected chi connectivity index (χ1v) is 13.7. The summed E-state index contributed by atoms with van der Waals surface area (Å²) < 4.78 is 68.5. The molecule has 42 heavy (non-hydrogen) atoms. The molecule has 1 atom stereocenters. The van der Waals surface area contributed by atoms with Crippen molar-refractivity contribution in [2.45, 2.75) is 38.5 Å². The number of carbonyl (C=O) groups excluding carboxylic acids is 1. The molecule has 1 unspecified atom stereocenters. The number of hydrogen-bond acceptors (Lipinski definition) is 5. The van der Waals surface area contributed by atoms with Crippen molar-refractivity contribution in [2.24, 2.45) is 0 Å². The van der Waals surface area contributed by atoms with E-state index in [9.17, 15) is 18.0 Å². The van der Waals surface area contributed by atoms with Crippen LogP contribution < -0.4 is 9.47 Å². The van der Waals surface area contributed by atoms with E-state index < -0.39 is 23.6 Å². The van der Waals surface area contributed by atoms with Crippen molar-refractivity contribution in [1.82, 2.24) is 19.2 Å². The van der Waals surface area contributed by atoms with E-state index >= 15 is 4.39 Å². The summed E-state index contributed by atoms with van der Waals surface area (Å²) in [6, 6.07) is 9.22. The van der Waals surface area contributed by atoms with E-state index in [2.05, 4.69) is 16.9 Å². The number of ether oxygens (including phenoxy) is 2. The van der Waals surface area contributed by atoms with Crippen molar-refractivity contribution in [2.75, 3.05) is 33.9 Å². The molecule has 7 nitrogen and oxygen atoms in total. The molecule has 2 aromatic heterocycles. The number of imidazole rings is 1. The van der Waals surface area contributed by atoms with Gasteiger partial charge in [0.25, 0.3) is 5.91 Å². The van der Waals surface area contributed by atoms with Crippen LogP contribution in [0.4, 0.5) is 17.6 Å². The maximum absolute atomic E-state index is 15.5. The van der Waals surface area contributed by atoms with Crippen LogP contribution in [0.1, 0.15) is 45.2 Å². The number of nitrogens with zero attached hydrogens (tertiary/aromatic N) is 4. The molecule has 220 valence electrons. The molecule has 2 aliphatic heterocycles. The zero-order chi connectivity index (χ0) is 29.8. The highest BCUT2D eigenvalue weighted by atomic mass is 19.4. The molecule has 11 heteroatoms. The number of alkyl halides is 3. The van der Waals surface area contributed by atoms with Crippen molar-refractivity contribution in [3.05, 3.63) is 93.7 Å². The Morgan fingerprint density at radius 3 is 2.64 bits per heavy atom. The zero-order valence-corrected chi connectivity index (χ0v) is 23.5. The highest BCUT2D eigenvalue weighted by Crippen LogP contribution is 2.39. The lowest BCUT2D eigenvalue weighted by molar-refractivity contribution is -0.137. The van der Waals surface area contributed by atoms with Gasteiger partial charge < -0.3 is 23.7 Å². The van der Waals surface area contributed by atoms with Gasteiger partial charge in [0.15, 0.2) is 6.61 Å². The molecule has 4 heterocycles. The predicted octanol–water partition coefficient (Wildman–Crippen LogP) is 5.35. The second-order valence-electron chi connectivity index (χ2n) is 10.8. The Kier molecular flexibility index (Phi) is 7.08. The van der Waals surface area contributed by atoms with Crippen LogP contribution in [-0.2, 0) is 30.4 Å². The lowest BCUT2D eigenvalue weighted by Gasteiger charge is -2.36. The molecule has 0 radical (unpaired) electrons. The maximum atomic E-state index is 15.5. The second kappa shape index (κ2) is 10.6. The molecule has 2 aromatic carbocycles. The van der Waals surface area contributed by atoms with Crippen LogP contribution in [0.5, 0.6) is 11.5 Å². The Hall–Kier alpha value is -4.12. The summed E-state index contributed by atoms with van der Waals surface area (Å²) >= 11 is 0. The summed E-state index contributed by atoms with van der Waals surface area (Å²) in [5, 5.41) is 0. The number of aromatic nitrogens is 2. The van der Waals surface area contributed by atoms with Gasteiger partial charge in [0, 0.05) is 43.9 Å². The van der Waals surface area contributed by atoms with E-state index in [0.717, 1.165) is 37.2 Å². The van der Waals surface area contributed by atoms with E-state index in [-0.39, 0.29) is 30.3 Å². The van der Waals surface area contributed by atoms with Crippen molar-refractivity contribution in [3.63, 3.8) is 0 Å². The smallest absolute Gasteiger partial charge is 0.416 e. The number of likely N-dealkylation sites (N-methyl/N-ethyl adjacent to an activating group) is 1. The van der Waals surface area contributed by atoms with Gasteiger partial charge in [0.2, 0.25) is 0 Å². The van der Waals surface area contributed by atoms with E-state index in [0.29, 0.717) is 29.3 Å². The summed E-state index contributed by atoms with van der Waals surface area (Å²) in [6.07, 6.45) is -2.08. The number of benzene rings is 2. The Balaban J connectivity index is 1.36. The highest BCUT2D eigenvalue weighted by molar-refractivity contribution is 5.79. The minimum Gasteiger partial charge on any atom is -0.497 e. The molecule has 0 fully saturated rings. The molecule has 1 amide bonds. The second-order valence-corrected chi connectivity index (χ2v) is 10.8. The molecule has 4 aromatic rings. The largest absolute Gasteiger partial charge is 0.497 e. The minimum atomic E-state index is -4.54. The number of amides is 1. The van der Waals surface area contributed by atoms with Crippen LogP contribution in [0.3, 0.4) is 0 Å². The zero-order valence-electron chi connectivity index (χ0n) is 23.5. The first kappa shape index (κ1) is 28.0. The minimum absolute atomic E-state index is 0.0784. The van der Waals surface area contributed by atoms with E-state index in [1.807, 2.05) is 19.1 Å². The SMILES string of the molecule is COc1ccc(C2c3c(nc4cc(C(F)(F)F)ccn34)CCN2C(=O)COc2ccc3c(c2C)CCN(C)C3)c(F)c1. The lowest BCUT2D eigenvalue weighted by Crippen LogP contribution is -2.43. The van der Waals surface area contributed by atoms with Crippen molar-refractivity contribution in [3.8, 4) is 11.5 Å². The van der Waals surface area contributed by atoms with Gasteiger partial charge in [-0.1, -0.05) is 6.07 Å². The van der Waals surface area contributed by atoms with Crippen LogP contribution in [-0.4, -0.2) is 58.9 Å². The molecule has 0 spiro atoms. The average Bonchev–Trinajstić information content (AvgIpc) is 3.34. The van der Waals surface area contributed by atoms with E-state index in [4.69, 9.17) is 9.47 Å². The molecular formula is C31H30F4N4O3. The molecule has 0 aliphatic carbocycles. The fourth-order valence-corrected chi connectivity index (χ4v) is 6.04. The van der Waals surface area contributed by atoms with Crippen molar-refractivity contribution >= 4 is 11.6 Å². The van der Waals surface area contributed by atoms with Gasteiger partial charge in [-0.3, -0.25) is 4.79 Å². The molecule has 0 saturated heterocycles. The summed E-state index contributed by atoms with van der Waals surface area (Å²) in [4.78, 5) is 22.0. The Labute approximate surface area is 240 Å². The number of halogens is 4. The van der Waals surface area contributed by atoms with Crippen LogP contribution in [0.2, 0.25) is 0 Å². The van der Waals surface area contributed by atoms with Crippen LogP contribution in [0.15, 0.2) is 48.7 Å². The number of hydrogen-bond donors (Lipinski definition) is 0. The average molecular weight is 583 g/mol. The standard InChI is InChI=1S/C31H30F4N4O3/c1-18-22-9-11-37(2)16-19(22)4-7-26(18)42-17-28(40)39-13-10-25-30(29(39)23-6-5-21(41-3)15-24(23)32)38-12-8-20(31(33,34)35)14-27(38)36-25/h4-8,12,14-15,29H,9-11,13,16-17H2,1-3H3. The third-order valence-corrected chi connectivity index (χ3v) is 8.23. The van der Waals surface area contributed by atoms with E-state index in [1.54, 1.807) is 6.07 Å². The normalized spacial score (nSPS) is 17.2. The highest BCUT2D eigenvalue weighted by Gasteiger charge is 2.38. The fraction of sp³-hybridized carbons (Fsp3) is 0.355. The number of rotatable bonds is 5. The van der Waals surface area contributed by atoms with Gasteiger partial charge >= 0.3 is 6.18 Å². The van der Waals surface area contributed by atoms with Gasteiger partial charge in [-0.05, 0) is 67.4 Å². The molecule has 0 N–H and O–H groups in total. The monoisotopic (exact) mass is 582 g/mol. The number of pyridine rings is 1. The summed E-state index contributed by atoms with van der Waals surface area (Å²) in [5.41, 5.74) is 3.83. The lowest BCUT2D eigenvalue weighted by atomic mass is 9.94. The number of methoxy groups -OCH3 is 1. The first-order chi connectivity index (χ1) is 20.0. The van der Waals surface area contributed by atoms with Crippen LogP contribution in [0.25, 0.3) is 5.65 Å². The maximum Gasteiger partial charge on any atom is 0.416 e. The quantitative estimate of drug-likeness (QED) is 0.297. The van der Waals surface area contributed by atoms with Crippen molar-refractivity contribution < 1.29 is 31.8 Å².